The van der Waals surface area contributed by atoms with E-state index in [1.54, 1.807) is 22.3 Å². The summed E-state index contributed by atoms with van der Waals surface area (Å²) in [5.41, 5.74) is 2.54. The zero-order valence-electron chi connectivity index (χ0n) is 18.6. The predicted molar refractivity (Wildman–Crippen MR) is 131 cm³/mol. The Morgan fingerprint density at radius 1 is 1.18 bits per heavy atom. The molecule has 6 rings (SSSR count). The molecule has 0 saturated carbocycles. The number of aliphatic hydroxyl groups is 1. The zero-order valence-corrected chi connectivity index (χ0v) is 19.4. The molecular weight excluding hydrogens is 450 g/mol. The number of hydrogen-bond donors (Lipinski definition) is 1. The highest BCUT2D eigenvalue weighted by Gasteiger charge is 2.27. The lowest BCUT2D eigenvalue weighted by atomic mass is 9.98. The van der Waals surface area contributed by atoms with Crippen LogP contribution in [0.2, 0.25) is 0 Å². The van der Waals surface area contributed by atoms with Gasteiger partial charge in [-0.15, -0.1) is 11.3 Å². The number of aliphatic hydroxyl groups excluding tert-OH is 1. The predicted octanol–water partition coefficient (Wildman–Crippen LogP) is 3.32. The molecule has 1 N–H and O–H groups in total. The molecule has 2 atom stereocenters. The average molecular weight is 474 g/mol. The first-order valence-electron chi connectivity index (χ1n) is 11.2. The molecule has 9 heteroatoms. The van der Waals surface area contributed by atoms with Gasteiger partial charge in [0.2, 0.25) is 0 Å². The fourth-order valence-electron chi connectivity index (χ4n) is 4.65. The van der Waals surface area contributed by atoms with E-state index in [0.717, 1.165) is 31.8 Å². The van der Waals surface area contributed by atoms with Crippen LogP contribution in [-0.4, -0.2) is 48.7 Å². The molecule has 0 bridgehead atoms. The minimum Gasteiger partial charge on any atom is -0.391 e. The topological polar surface area (TPSA) is 95.1 Å². The maximum Gasteiger partial charge on any atom is 0.261 e. The van der Waals surface area contributed by atoms with Crippen molar-refractivity contribution >= 4 is 33.0 Å². The number of thiazole rings is 1. The Hall–Kier alpha value is -3.40. The SMILES string of the molecule is Cn1cc(-c2ncc(Cc3cc4c(=O)n([C@H]5COCC[C@@H]5O)cnc4c4ccccc34)s2)cn1. The van der Waals surface area contributed by atoms with E-state index in [9.17, 15) is 9.90 Å². The number of aromatic nitrogens is 5. The quantitative estimate of drug-likeness (QED) is 0.403. The van der Waals surface area contributed by atoms with Gasteiger partial charge in [-0.2, -0.15) is 5.10 Å². The third kappa shape index (κ3) is 3.62. The summed E-state index contributed by atoms with van der Waals surface area (Å²) >= 11 is 1.63. The lowest BCUT2D eigenvalue weighted by Crippen LogP contribution is -2.39. The van der Waals surface area contributed by atoms with E-state index < -0.39 is 12.1 Å². The van der Waals surface area contributed by atoms with Crippen molar-refractivity contribution in [3.05, 3.63) is 76.0 Å². The molecule has 0 aliphatic carbocycles. The first-order valence-corrected chi connectivity index (χ1v) is 12.0. The van der Waals surface area contributed by atoms with Crippen LogP contribution in [0, 0.1) is 0 Å². The smallest absolute Gasteiger partial charge is 0.261 e. The van der Waals surface area contributed by atoms with Crippen molar-refractivity contribution in [3.8, 4) is 10.6 Å². The number of rotatable bonds is 4. The van der Waals surface area contributed by atoms with Gasteiger partial charge in [0.25, 0.3) is 5.56 Å². The summed E-state index contributed by atoms with van der Waals surface area (Å²) in [6.45, 7) is 0.796. The van der Waals surface area contributed by atoms with E-state index in [2.05, 4.69) is 21.1 Å². The van der Waals surface area contributed by atoms with Crippen molar-refractivity contribution in [1.29, 1.82) is 0 Å². The normalized spacial score (nSPS) is 18.6. The van der Waals surface area contributed by atoms with E-state index in [1.165, 1.54) is 4.57 Å². The second kappa shape index (κ2) is 8.43. The first kappa shape index (κ1) is 21.2. The van der Waals surface area contributed by atoms with Crippen LogP contribution in [-0.2, 0) is 18.2 Å². The van der Waals surface area contributed by atoms with Crippen LogP contribution in [0.15, 0.2) is 60.0 Å². The van der Waals surface area contributed by atoms with E-state index in [0.29, 0.717) is 37.0 Å². The number of aryl methyl sites for hydroxylation is 1. The summed E-state index contributed by atoms with van der Waals surface area (Å²) in [6.07, 6.45) is 7.72. The van der Waals surface area contributed by atoms with Gasteiger partial charge < -0.3 is 9.84 Å². The van der Waals surface area contributed by atoms with Crippen LogP contribution in [0.5, 0.6) is 0 Å². The van der Waals surface area contributed by atoms with Gasteiger partial charge in [-0.3, -0.25) is 14.0 Å². The summed E-state index contributed by atoms with van der Waals surface area (Å²) in [4.78, 5) is 23.9. The van der Waals surface area contributed by atoms with Gasteiger partial charge in [0.15, 0.2) is 0 Å². The number of nitrogens with zero attached hydrogens (tertiary/aromatic N) is 5. The molecule has 0 radical (unpaired) electrons. The van der Waals surface area contributed by atoms with Crippen molar-refractivity contribution in [2.45, 2.75) is 25.0 Å². The standard InChI is InChI=1S/C25H23N5O3S/c1-29-12-16(10-28-29)24-26-11-17(34-24)8-15-9-20-23(19-5-3-2-4-18(15)19)27-14-30(25(20)32)21-13-33-7-6-22(21)31/h2-5,9-12,14,21-22,31H,6-8,13H2,1H3/t21-,22-/m0/s1. The fourth-order valence-corrected chi connectivity index (χ4v) is 5.56. The van der Waals surface area contributed by atoms with E-state index in [-0.39, 0.29) is 5.56 Å². The molecule has 3 aromatic heterocycles. The second-order valence-corrected chi connectivity index (χ2v) is 9.76. The van der Waals surface area contributed by atoms with Crippen LogP contribution in [0.3, 0.4) is 0 Å². The van der Waals surface area contributed by atoms with Gasteiger partial charge in [-0.05, 0) is 23.4 Å². The number of ether oxygens (including phenoxy) is 1. The molecule has 172 valence electrons. The highest BCUT2D eigenvalue weighted by Crippen LogP contribution is 2.31. The molecule has 1 fully saturated rings. The molecule has 1 aliphatic rings. The van der Waals surface area contributed by atoms with E-state index in [1.807, 2.05) is 49.9 Å². The Morgan fingerprint density at radius 3 is 2.82 bits per heavy atom. The third-order valence-electron chi connectivity index (χ3n) is 6.40. The molecule has 2 aromatic carbocycles. The summed E-state index contributed by atoms with van der Waals surface area (Å²) in [5.74, 6) is 0. The van der Waals surface area contributed by atoms with Crippen LogP contribution >= 0.6 is 11.3 Å². The largest absolute Gasteiger partial charge is 0.391 e. The molecule has 0 amide bonds. The molecule has 1 aliphatic heterocycles. The molecule has 34 heavy (non-hydrogen) atoms. The molecule has 4 heterocycles. The van der Waals surface area contributed by atoms with Crippen LogP contribution in [0.25, 0.3) is 32.2 Å². The Balaban J connectivity index is 1.46. The highest BCUT2D eigenvalue weighted by atomic mass is 32.1. The van der Waals surface area contributed by atoms with Gasteiger partial charge in [-0.25, -0.2) is 9.97 Å². The Bertz CT molecular complexity index is 1570. The van der Waals surface area contributed by atoms with Crippen molar-refractivity contribution < 1.29 is 9.84 Å². The van der Waals surface area contributed by atoms with Crippen LogP contribution < -0.4 is 5.56 Å². The van der Waals surface area contributed by atoms with Crippen molar-refractivity contribution in [2.24, 2.45) is 7.05 Å². The maximum atomic E-state index is 13.6. The van der Waals surface area contributed by atoms with E-state index in [4.69, 9.17) is 4.74 Å². The molecule has 0 spiro atoms. The van der Waals surface area contributed by atoms with Gasteiger partial charge >= 0.3 is 0 Å². The maximum absolute atomic E-state index is 13.6. The summed E-state index contributed by atoms with van der Waals surface area (Å²) in [5, 5.41) is 18.2. The number of benzene rings is 2. The van der Waals surface area contributed by atoms with Gasteiger partial charge in [-0.1, -0.05) is 24.3 Å². The molecule has 0 unspecified atom stereocenters. The van der Waals surface area contributed by atoms with Crippen LogP contribution in [0.4, 0.5) is 0 Å². The third-order valence-corrected chi connectivity index (χ3v) is 7.44. The number of hydrogen-bond acceptors (Lipinski definition) is 7. The number of fused-ring (bicyclic) bond motifs is 3. The zero-order chi connectivity index (χ0) is 23.2. The van der Waals surface area contributed by atoms with E-state index >= 15 is 0 Å². The summed E-state index contributed by atoms with van der Waals surface area (Å²) < 4.78 is 8.82. The minimum atomic E-state index is -0.631. The fraction of sp³-hybridized carbons (Fsp3) is 0.280. The molecule has 5 aromatic rings. The van der Waals surface area contributed by atoms with Crippen molar-refractivity contribution in [2.75, 3.05) is 13.2 Å². The average Bonchev–Trinajstić information content (AvgIpc) is 3.49. The van der Waals surface area contributed by atoms with Gasteiger partial charge in [0, 0.05) is 48.3 Å². The second-order valence-electron chi connectivity index (χ2n) is 8.64. The molecule has 1 saturated heterocycles. The Morgan fingerprint density at radius 2 is 2.03 bits per heavy atom. The van der Waals surface area contributed by atoms with Crippen LogP contribution in [0.1, 0.15) is 22.9 Å². The summed E-state index contributed by atoms with van der Waals surface area (Å²) in [6, 6.07) is 9.55. The molecule has 8 nitrogen and oxygen atoms in total. The Kier molecular flexibility index (Phi) is 5.24. The highest BCUT2D eigenvalue weighted by molar-refractivity contribution is 7.15. The van der Waals surface area contributed by atoms with Crippen molar-refractivity contribution in [1.82, 2.24) is 24.3 Å². The molecular formula is C25H23N5O3S. The monoisotopic (exact) mass is 473 g/mol. The van der Waals surface area contributed by atoms with Gasteiger partial charge in [0.05, 0.1) is 42.2 Å². The summed E-state index contributed by atoms with van der Waals surface area (Å²) in [7, 11) is 1.89. The Labute approximate surface area is 199 Å². The van der Waals surface area contributed by atoms with Crippen molar-refractivity contribution in [3.63, 3.8) is 0 Å². The first-order chi connectivity index (χ1) is 16.6. The minimum absolute atomic E-state index is 0.160. The lowest BCUT2D eigenvalue weighted by Gasteiger charge is -2.29. The van der Waals surface area contributed by atoms with Gasteiger partial charge in [0.1, 0.15) is 5.01 Å². The lowest BCUT2D eigenvalue weighted by molar-refractivity contribution is -0.0303.